The number of esters is 1. The van der Waals surface area contributed by atoms with Gasteiger partial charge in [-0.15, -0.1) is 0 Å². The summed E-state index contributed by atoms with van der Waals surface area (Å²) < 4.78 is 5.31. The van der Waals surface area contributed by atoms with Crippen LogP contribution in [0.2, 0.25) is 0 Å². The Bertz CT molecular complexity index is 190. The van der Waals surface area contributed by atoms with Crippen molar-refractivity contribution >= 4 is 21.9 Å². The van der Waals surface area contributed by atoms with Gasteiger partial charge in [0, 0.05) is 0 Å². The molecule has 0 aliphatic carbocycles. The average Bonchev–Trinajstić information content (AvgIpc) is 2.24. The van der Waals surface area contributed by atoms with Gasteiger partial charge in [-0.25, -0.2) is 0 Å². The first-order valence-corrected chi connectivity index (χ1v) is 6.73. The zero-order chi connectivity index (χ0) is 11.5. The molecule has 0 N–H and O–H groups in total. The molecule has 0 aromatic rings. The molecule has 2 nitrogen and oxygen atoms in total. The summed E-state index contributed by atoms with van der Waals surface area (Å²) in [4.78, 5) is 11.1. The Labute approximate surface area is 101 Å². The molecular formula is C12H21BrO2. The highest BCUT2D eigenvalue weighted by Crippen LogP contribution is 2.12. The van der Waals surface area contributed by atoms with Crippen molar-refractivity contribution in [2.75, 3.05) is 5.33 Å². The van der Waals surface area contributed by atoms with Crippen LogP contribution in [0.15, 0.2) is 12.2 Å². The third-order valence-electron chi connectivity index (χ3n) is 2.15. The Morgan fingerprint density at radius 3 is 2.73 bits per heavy atom. The van der Waals surface area contributed by atoms with Crippen molar-refractivity contribution in [2.45, 2.75) is 52.1 Å². The summed E-state index contributed by atoms with van der Waals surface area (Å²) in [5.74, 6) is -0.153. The zero-order valence-corrected chi connectivity index (χ0v) is 11.3. The molecule has 0 saturated carbocycles. The Morgan fingerprint density at radius 1 is 1.47 bits per heavy atom. The maximum atomic E-state index is 11.1. The van der Waals surface area contributed by atoms with Crippen LogP contribution >= 0.6 is 15.9 Å². The van der Waals surface area contributed by atoms with Gasteiger partial charge in [0.2, 0.25) is 0 Å². The molecule has 1 atom stereocenters. The Hall–Kier alpha value is -0.310. The molecule has 1 unspecified atom stereocenters. The second-order valence-corrected chi connectivity index (χ2v) is 4.09. The second kappa shape index (κ2) is 10.2. The van der Waals surface area contributed by atoms with Gasteiger partial charge in [0.15, 0.2) is 0 Å². The SMILES string of the molecule is CC=CCCCC(CCC)OC(=O)CBr. The van der Waals surface area contributed by atoms with E-state index in [1.165, 1.54) is 0 Å². The molecule has 0 spiro atoms. The molecule has 0 bridgehead atoms. The summed E-state index contributed by atoms with van der Waals surface area (Å²) >= 11 is 3.10. The molecule has 0 saturated heterocycles. The molecule has 0 aliphatic heterocycles. The Balaban J connectivity index is 3.76. The standard InChI is InChI=1S/C12H21BrO2/c1-3-5-6-7-9-11(8-4-2)15-12(14)10-13/h3,5,11H,4,6-10H2,1-2H3. The fourth-order valence-electron chi connectivity index (χ4n) is 1.43. The zero-order valence-electron chi connectivity index (χ0n) is 9.67. The lowest BCUT2D eigenvalue weighted by Gasteiger charge is -2.16. The number of halogens is 1. The Morgan fingerprint density at radius 2 is 2.20 bits per heavy atom. The summed E-state index contributed by atoms with van der Waals surface area (Å²) in [7, 11) is 0. The van der Waals surface area contributed by atoms with Crippen molar-refractivity contribution in [3.8, 4) is 0 Å². The molecular weight excluding hydrogens is 256 g/mol. The van der Waals surface area contributed by atoms with E-state index in [9.17, 15) is 4.79 Å². The van der Waals surface area contributed by atoms with Gasteiger partial charge in [0.25, 0.3) is 0 Å². The molecule has 0 aromatic heterocycles. The lowest BCUT2D eigenvalue weighted by atomic mass is 10.1. The maximum Gasteiger partial charge on any atom is 0.316 e. The number of alkyl halides is 1. The van der Waals surface area contributed by atoms with Crippen molar-refractivity contribution in [3.63, 3.8) is 0 Å². The van der Waals surface area contributed by atoms with E-state index in [2.05, 4.69) is 35.0 Å². The molecule has 0 amide bonds. The molecule has 0 radical (unpaired) electrons. The van der Waals surface area contributed by atoms with Gasteiger partial charge < -0.3 is 4.74 Å². The van der Waals surface area contributed by atoms with E-state index in [1.807, 2.05) is 6.92 Å². The number of rotatable bonds is 8. The first-order chi connectivity index (χ1) is 7.24. The van der Waals surface area contributed by atoms with E-state index < -0.39 is 0 Å². The lowest BCUT2D eigenvalue weighted by molar-refractivity contribution is -0.146. The van der Waals surface area contributed by atoms with E-state index in [0.29, 0.717) is 5.33 Å². The average molecular weight is 277 g/mol. The predicted octanol–water partition coefficient (Wildman–Crippen LogP) is 3.84. The predicted molar refractivity (Wildman–Crippen MR) is 67.2 cm³/mol. The van der Waals surface area contributed by atoms with Gasteiger partial charge in [-0.2, -0.15) is 0 Å². The van der Waals surface area contributed by atoms with Gasteiger partial charge in [0.1, 0.15) is 11.4 Å². The van der Waals surface area contributed by atoms with Crippen LogP contribution in [0.5, 0.6) is 0 Å². The van der Waals surface area contributed by atoms with E-state index in [0.717, 1.165) is 32.1 Å². The third kappa shape index (κ3) is 8.67. The van der Waals surface area contributed by atoms with Crippen LogP contribution in [0.1, 0.15) is 46.0 Å². The number of allylic oxidation sites excluding steroid dienone is 2. The van der Waals surface area contributed by atoms with Crippen LogP contribution in [0.25, 0.3) is 0 Å². The van der Waals surface area contributed by atoms with E-state index in [-0.39, 0.29) is 12.1 Å². The summed E-state index contributed by atoms with van der Waals surface area (Å²) in [5.41, 5.74) is 0. The van der Waals surface area contributed by atoms with Crippen LogP contribution in [-0.2, 0) is 9.53 Å². The number of carbonyl (C=O) groups excluding carboxylic acids is 1. The van der Waals surface area contributed by atoms with Gasteiger partial charge in [-0.1, -0.05) is 41.4 Å². The second-order valence-electron chi connectivity index (χ2n) is 3.53. The minimum atomic E-state index is -0.153. The molecule has 15 heavy (non-hydrogen) atoms. The van der Waals surface area contributed by atoms with Crippen molar-refractivity contribution < 1.29 is 9.53 Å². The molecule has 0 aromatic carbocycles. The molecule has 3 heteroatoms. The van der Waals surface area contributed by atoms with Crippen molar-refractivity contribution in [3.05, 3.63) is 12.2 Å². The monoisotopic (exact) mass is 276 g/mol. The van der Waals surface area contributed by atoms with Crippen LogP contribution in [0.3, 0.4) is 0 Å². The van der Waals surface area contributed by atoms with E-state index in [1.54, 1.807) is 0 Å². The molecule has 0 aliphatic rings. The molecule has 0 heterocycles. The van der Waals surface area contributed by atoms with E-state index >= 15 is 0 Å². The number of hydrogen-bond acceptors (Lipinski definition) is 2. The fraction of sp³-hybridized carbons (Fsp3) is 0.750. The van der Waals surface area contributed by atoms with Crippen LogP contribution < -0.4 is 0 Å². The largest absolute Gasteiger partial charge is 0.462 e. The molecule has 0 fully saturated rings. The summed E-state index contributed by atoms with van der Waals surface area (Å²) in [5, 5.41) is 0.294. The first-order valence-electron chi connectivity index (χ1n) is 5.61. The fourth-order valence-corrected chi connectivity index (χ4v) is 1.56. The minimum absolute atomic E-state index is 0.102. The number of hydrogen-bond donors (Lipinski definition) is 0. The quantitative estimate of drug-likeness (QED) is 0.291. The highest BCUT2D eigenvalue weighted by Gasteiger charge is 2.11. The van der Waals surface area contributed by atoms with Crippen LogP contribution in [0.4, 0.5) is 0 Å². The number of ether oxygens (including phenoxy) is 1. The van der Waals surface area contributed by atoms with Crippen LogP contribution in [0, 0.1) is 0 Å². The summed E-state index contributed by atoms with van der Waals surface area (Å²) in [6.45, 7) is 4.13. The minimum Gasteiger partial charge on any atom is -0.462 e. The summed E-state index contributed by atoms with van der Waals surface area (Å²) in [6, 6.07) is 0. The van der Waals surface area contributed by atoms with Crippen molar-refractivity contribution in [1.82, 2.24) is 0 Å². The highest BCUT2D eigenvalue weighted by molar-refractivity contribution is 9.09. The van der Waals surface area contributed by atoms with Gasteiger partial charge >= 0.3 is 5.97 Å². The Kier molecular flexibility index (Phi) is 10.0. The number of carbonyl (C=O) groups is 1. The maximum absolute atomic E-state index is 11.1. The normalized spacial score (nSPS) is 13.0. The molecule has 88 valence electrons. The van der Waals surface area contributed by atoms with Gasteiger partial charge in [-0.05, 0) is 32.6 Å². The smallest absolute Gasteiger partial charge is 0.316 e. The van der Waals surface area contributed by atoms with E-state index in [4.69, 9.17) is 4.74 Å². The van der Waals surface area contributed by atoms with Gasteiger partial charge in [0.05, 0.1) is 0 Å². The molecule has 0 rings (SSSR count). The first kappa shape index (κ1) is 14.7. The van der Waals surface area contributed by atoms with Crippen molar-refractivity contribution in [1.29, 1.82) is 0 Å². The topological polar surface area (TPSA) is 26.3 Å². The summed E-state index contributed by atoms with van der Waals surface area (Å²) in [6.07, 6.45) is 9.46. The van der Waals surface area contributed by atoms with Gasteiger partial charge in [-0.3, -0.25) is 4.79 Å². The third-order valence-corrected chi connectivity index (χ3v) is 2.61. The van der Waals surface area contributed by atoms with Crippen LogP contribution in [-0.4, -0.2) is 17.4 Å². The highest BCUT2D eigenvalue weighted by atomic mass is 79.9. The lowest BCUT2D eigenvalue weighted by Crippen LogP contribution is -2.18. The van der Waals surface area contributed by atoms with Crippen molar-refractivity contribution in [2.24, 2.45) is 0 Å². The number of unbranched alkanes of at least 4 members (excludes halogenated alkanes) is 1.